The fourth-order valence-corrected chi connectivity index (χ4v) is 4.15. The molecule has 0 amide bonds. The number of hydrogen-bond donors (Lipinski definition) is 1. The van der Waals surface area contributed by atoms with Crippen LogP contribution in [0.3, 0.4) is 0 Å². The lowest BCUT2D eigenvalue weighted by Crippen LogP contribution is -2.34. The van der Waals surface area contributed by atoms with Crippen LogP contribution in [0.5, 0.6) is 0 Å². The Bertz CT molecular complexity index is 959. The van der Waals surface area contributed by atoms with Crippen LogP contribution in [0.25, 0.3) is 0 Å². The summed E-state index contributed by atoms with van der Waals surface area (Å²) in [5.74, 6) is 1.17. The SMILES string of the molecule is CNc1ncccc1CN1CCCC(c2cccc(Cc3cccc(F)c3)n2)C1. The molecular weight excluding hydrogens is 363 g/mol. The first kappa shape index (κ1) is 19.5. The molecule has 150 valence electrons. The van der Waals surface area contributed by atoms with E-state index in [4.69, 9.17) is 4.98 Å². The molecule has 0 bridgehead atoms. The molecule has 1 aromatic carbocycles. The average molecular weight is 391 g/mol. The lowest BCUT2D eigenvalue weighted by atomic mass is 9.93. The number of likely N-dealkylation sites (tertiary alicyclic amines) is 1. The highest BCUT2D eigenvalue weighted by Gasteiger charge is 2.23. The number of rotatable bonds is 6. The normalized spacial score (nSPS) is 17.2. The third kappa shape index (κ3) is 4.98. The molecule has 29 heavy (non-hydrogen) atoms. The average Bonchev–Trinajstić information content (AvgIpc) is 2.75. The van der Waals surface area contributed by atoms with Crippen LogP contribution >= 0.6 is 0 Å². The number of benzene rings is 1. The topological polar surface area (TPSA) is 41.1 Å². The Morgan fingerprint density at radius 2 is 2.03 bits per heavy atom. The fourth-order valence-electron chi connectivity index (χ4n) is 4.15. The summed E-state index contributed by atoms with van der Waals surface area (Å²) in [6, 6.07) is 17.1. The van der Waals surface area contributed by atoms with Gasteiger partial charge in [-0.1, -0.05) is 24.3 Å². The number of pyridine rings is 2. The molecule has 2 aromatic heterocycles. The van der Waals surface area contributed by atoms with E-state index in [1.54, 1.807) is 12.1 Å². The van der Waals surface area contributed by atoms with Gasteiger partial charge in [0.25, 0.3) is 0 Å². The van der Waals surface area contributed by atoms with Gasteiger partial charge in [0.2, 0.25) is 0 Å². The monoisotopic (exact) mass is 390 g/mol. The van der Waals surface area contributed by atoms with Gasteiger partial charge in [0.05, 0.1) is 0 Å². The van der Waals surface area contributed by atoms with Crippen molar-refractivity contribution in [2.45, 2.75) is 31.7 Å². The van der Waals surface area contributed by atoms with Gasteiger partial charge >= 0.3 is 0 Å². The lowest BCUT2D eigenvalue weighted by Gasteiger charge is -2.33. The standard InChI is InChI=1S/C24H27FN4/c1-26-24-20(7-4-12-27-24)17-29-13-5-8-19(16-29)23-11-3-10-22(28-23)15-18-6-2-9-21(25)14-18/h2-4,6-7,9-12,14,19H,5,8,13,15-17H2,1H3,(H,26,27). The zero-order valence-electron chi connectivity index (χ0n) is 16.8. The Kier molecular flexibility index (Phi) is 6.15. The highest BCUT2D eigenvalue weighted by Crippen LogP contribution is 2.28. The second-order valence-corrected chi connectivity index (χ2v) is 7.70. The molecule has 3 heterocycles. The van der Waals surface area contributed by atoms with E-state index >= 15 is 0 Å². The summed E-state index contributed by atoms with van der Waals surface area (Å²) < 4.78 is 13.5. The maximum Gasteiger partial charge on any atom is 0.130 e. The molecule has 4 rings (SSSR count). The minimum Gasteiger partial charge on any atom is -0.373 e. The van der Waals surface area contributed by atoms with Crippen LogP contribution in [0.1, 0.15) is 41.3 Å². The van der Waals surface area contributed by atoms with Crippen molar-refractivity contribution < 1.29 is 4.39 Å². The van der Waals surface area contributed by atoms with Crippen LogP contribution in [0.2, 0.25) is 0 Å². The first-order valence-corrected chi connectivity index (χ1v) is 10.3. The Hall–Kier alpha value is -2.79. The highest BCUT2D eigenvalue weighted by atomic mass is 19.1. The molecule has 0 radical (unpaired) electrons. The molecule has 0 saturated carbocycles. The first-order valence-electron chi connectivity index (χ1n) is 10.3. The van der Waals surface area contributed by atoms with Gasteiger partial charge in [0, 0.05) is 55.6 Å². The minimum atomic E-state index is -0.196. The van der Waals surface area contributed by atoms with Gasteiger partial charge in [-0.2, -0.15) is 0 Å². The Morgan fingerprint density at radius 1 is 1.14 bits per heavy atom. The van der Waals surface area contributed by atoms with E-state index in [-0.39, 0.29) is 5.82 Å². The summed E-state index contributed by atoms with van der Waals surface area (Å²) in [4.78, 5) is 11.8. The molecule has 1 fully saturated rings. The van der Waals surface area contributed by atoms with E-state index < -0.39 is 0 Å². The maximum absolute atomic E-state index is 13.5. The molecule has 1 unspecified atom stereocenters. The van der Waals surface area contributed by atoms with Gasteiger partial charge in [-0.15, -0.1) is 0 Å². The third-order valence-corrected chi connectivity index (χ3v) is 5.55. The Morgan fingerprint density at radius 3 is 2.90 bits per heavy atom. The number of anilines is 1. The number of halogens is 1. The van der Waals surface area contributed by atoms with E-state index in [0.717, 1.165) is 55.2 Å². The van der Waals surface area contributed by atoms with Crippen LogP contribution in [0.15, 0.2) is 60.8 Å². The van der Waals surface area contributed by atoms with Gasteiger partial charge in [-0.05, 0) is 55.3 Å². The van der Waals surface area contributed by atoms with E-state index in [1.165, 1.54) is 11.6 Å². The van der Waals surface area contributed by atoms with Gasteiger partial charge < -0.3 is 5.32 Å². The van der Waals surface area contributed by atoms with Crippen LogP contribution in [-0.4, -0.2) is 35.0 Å². The van der Waals surface area contributed by atoms with Crippen LogP contribution in [0.4, 0.5) is 10.2 Å². The van der Waals surface area contributed by atoms with E-state index in [1.807, 2.05) is 31.4 Å². The second-order valence-electron chi connectivity index (χ2n) is 7.70. The van der Waals surface area contributed by atoms with Gasteiger partial charge in [-0.25, -0.2) is 9.37 Å². The summed E-state index contributed by atoms with van der Waals surface area (Å²) in [5, 5.41) is 3.19. The number of hydrogen-bond acceptors (Lipinski definition) is 4. The third-order valence-electron chi connectivity index (χ3n) is 5.55. The smallest absolute Gasteiger partial charge is 0.130 e. The quantitative estimate of drug-likeness (QED) is 0.666. The van der Waals surface area contributed by atoms with Crippen molar-refractivity contribution in [1.29, 1.82) is 0 Å². The van der Waals surface area contributed by atoms with Crippen molar-refractivity contribution in [3.63, 3.8) is 0 Å². The van der Waals surface area contributed by atoms with E-state index in [0.29, 0.717) is 12.3 Å². The predicted octanol–water partition coefficient (Wildman–Crippen LogP) is 4.63. The zero-order chi connectivity index (χ0) is 20.1. The van der Waals surface area contributed by atoms with Crippen LogP contribution < -0.4 is 5.32 Å². The summed E-state index contributed by atoms with van der Waals surface area (Å²) in [7, 11) is 1.92. The van der Waals surface area contributed by atoms with Gasteiger partial charge in [0.15, 0.2) is 0 Å². The molecule has 3 aromatic rings. The molecule has 1 saturated heterocycles. The molecule has 0 aliphatic carbocycles. The van der Waals surface area contributed by atoms with Gasteiger partial charge in [-0.3, -0.25) is 9.88 Å². The largest absolute Gasteiger partial charge is 0.373 e. The molecule has 1 aliphatic rings. The summed E-state index contributed by atoms with van der Waals surface area (Å²) >= 11 is 0. The first-order chi connectivity index (χ1) is 14.2. The van der Waals surface area contributed by atoms with Crippen LogP contribution in [-0.2, 0) is 13.0 Å². The van der Waals surface area contributed by atoms with E-state index in [9.17, 15) is 4.39 Å². The summed E-state index contributed by atoms with van der Waals surface area (Å²) in [6.45, 7) is 2.98. The van der Waals surface area contributed by atoms with Crippen molar-refractivity contribution in [3.05, 3.63) is 89.1 Å². The Balaban J connectivity index is 1.45. The predicted molar refractivity (Wildman–Crippen MR) is 114 cm³/mol. The molecule has 1 aliphatic heterocycles. The maximum atomic E-state index is 13.5. The summed E-state index contributed by atoms with van der Waals surface area (Å²) in [6.07, 6.45) is 4.79. The Labute approximate surface area is 171 Å². The van der Waals surface area contributed by atoms with Crippen molar-refractivity contribution in [1.82, 2.24) is 14.9 Å². The number of nitrogens with one attached hydrogen (secondary N) is 1. The number of nitrogens with zero attached hydrogens (tertiary/aromatic N) is 3. The van der Waals surface area contributed by atoms with Crippen molar-refractivity contribution in [3.8, 4) is 0 Å². The molecule has 4 nitrogen and oxygen atoms in total. The molecular formula is C24H27FN4. The van der Waals surface area contributed by atoms with Crippen molar-refractivity contribution >= 4 is 5.82 Å². The zero-order valence-corrected chi connectivity index (χ0v) is 16.8. The molecule has 5 heteroatoms. The molecule has 1 atom stereocenters. The lowest BCUT2D eigenvalue weighted by molar-refractivity contribution is 0.198. The minimum absolute atomic E-state index is 0.196. The molecule has 1 N–H and O–H groups in total. The van der Waals surface area contributed by atoms with Crippen LogP contribution in [0, 0.1) is 5.82 Å². The van der Waals surface area contributed by atoms with E-state index in [2.05, 4.69) is 33.4 Å². The highest BCUT2D eigenvalue weighted by molar-refractivity contribution is 5.42. The van der Waals surface area contributed by atoms with Crippen molar-refractivity contribution in [2.24, 2.45) is 0 Å². The molecule has 0 spiro atoms. The fraction of sp³-hybridized carbons (Fsp3) is 0.333. The number of piperidine rings is 1. The number of aromatic nitrogens is 2. The van der Waals surface area contributed by atoms with Crippen molar-refractivity contribution in [2.75, 3.05) is 25.5 Å². The second kappa shape index (κ2) is 9.14. The summed E-state index contributed by atoms with van der Waals surface area (Å²) in [5.41, 5.74) is 4.32. The van der Waals surface area contributed by atoms with Gasteiger partial charge in [0.1, 0.15) is 11.6 Å².